The average molecular weight is 374 g/mol. The molecule has 0 bridgehead atoms. The van der Waals surface area contributed by atoms with Crippen molar-refractivity contribution in [2.45, 2.75) is 5.16 Å². The molecule has 0 amide bonds. The van der Waals surface area contributed by atoms with Gasteiger partial charge in [-0.3, -0.25) is 0 Å². The Hall–Kier alpha value is -2.74. The summed E-state index contributed by atoms with van der Waals surface area (Å²) < 4.78 is 6.58. The highest BCUT2D eigenvalue weighted by Crippen LogP contribution is 2.72. The fourth-order valence-electron chi connectivity index (χ4n) is 3.91. The van der Waals surface area contributed by atoms with E-state index in [0.717, 1.165) is 0 Å². The third-order valence-corrected chi connectivity index (χ3v) is 9.28. The minimum absolute atomic E-state index is 0.412. The van der Waals surface area contributed by atoms with Gasteiger partial charge in [0.15, 0.2) is 17.5 Å². The number of aromatic amines is 1. The van der Waals surface area contributed by atoms with Crippen LogP contribution in [-0.4, -0.2) is 7.11 Å². The first-order valence-electron chi connectivity index (χ1n) is 8.98. The number of pyridine rings is 1. The summed E-state index contributed by atoms with van der Waals surface area (Å²) in [7, 11) is -0.496. The van der Waals surface area contributed by atoms with Crippen molar-refractivity contribution >= 4 is 18.1 Å². The van der Waals surface area contributed by atoms with Crippen molar-refractivity contribution in [1.82, 2.24) is 5.32 Å². The molecular weight excluding hydrogens is 351 g/mol. The fraction of sp³-hybridized carbons (Fsp3) is 0.0870. The second-order valence-corrected chi connectivity index (χ2v) is 9.77. The van der Waals surface area contributed by atoms with Gasteiger partial charge in [-0.05, 0) is 36.4 Å². The first-order chi connectivity index (χ1) is 13.3. The number of nitrogens with one attached hydrogen (secondary N) is 2. The van der Waals surface area contributed by atoms with Gasteiger partial charge in [0.05, 0.1) is 7.11 Å². The zero-order valence-electron chi connectivity index (χ0n) is 15.2. The molecular formula is C23H23N2OP+2. The Labute approximate surface area is 160 Å². The van der Waals surface area contributed by atoms with E-state index in [1.54, 1.807) is 0 Å². The SMILES string of the molecule is CO[P+](c1ccccc1)(c1ccccc1)C1(c2cc[nH+]cc2)C=CNC=C1. The molecule has 1 aliphatic heterocycles. The van der Waals surface area contributed by atoms with Gasteiger partial charge < -0.3 is 5.32 Å². The molecule has 1 aliphatic rings. The number of benzene rings is 2. The highest BCUT2D eigenvalue weighted by atomic mass is 31.2. The number of dihydropyridines is 1. The summed E-state index contributed by atoms with van der Waals surface area (Å²) in [6.45, 7) is 0. The Bertz CT molecular complexity index is 888. The summed E-state index contributed by atoms with van der Waals surface area (Å²) in [4.78, 5) is 3.15. The molecule has 27 heavy (non-hydrogen) atoms. The first-order valence-corrected chi connectivity index (χ1v) is 10.7. The fourth-order valence-corrected chi connectivity index (χ4v) is 8.06. The Morgan fingerprint density at radius 2 is 1.30 bits per heavy atom. The van der Waals surface area contributed by atoms with Crippen molar-refractivity contribution in [3.05, 3.63) is 115 Å². The molecule has 0 radical (unpaired) electrons. The predicted molar refractivity (Wildman–Crippen MR) is 112 cm³/mol. The monoisotopic (exact) mass is 374 g/mol. The summed E-state index contributed by atoms with van der Waals surface area (Å²) in [6, 6.07) is 25.5. The van der Waals surface area contributed by atoms with Crippen molar-refractivity contribution in [2.75, 3.05) is 7.11 Å². The molecule has 1 aromatic heterocycles. The van der Waals surface area contributed by atoms with Crippen LogP contribution in [0.1, 0.15) is 5.56 Å². The minimum Gasteiger partial charge on any atom is -0.368 e. The maximum Gasteiger partial charge on any atom is 0.228 e. The number of aromatic nitrogens is 1. The number of allylic oxidation sites excluding steroid dienone is 2. The Balaban J connectivity index is 2.09. The lowest BCUT2D eigenvalue weighted by molar-refractivity contribution is -0.378. The third kappa shape index (κ3) is 2.80. The van der Waals surface area contributed by atoms with Crippen LogP contribution in [-0.2, 0) is 9.68 Å². The standard InChI is InChI=1S/C23H22N2OP/c1-26-27(21-8-4-2-5-9-21,22-10-6-3-7-11-22)23(14-18-25-19-15-23)20-12-16-24-17-13-20/h2-19,25H,1H3/q+1/p+1. The second-order valence-electron chi connectivity index (χ2n) is 6.41. The molecule has 2 N–H and O–H groups in total. The lowest BCUT2D eigenvalue weighted by Crippen LogP contribution is -2.40. The van der Waals surface area contributed by atoms with E-state index < -0.39 is 12.6 Å². The van der Waals surface area contributed by atoms with E-state index in [0.29, 0.717) is 0 Å². The van der Waals surface area contributed by atoms with Crippen molar-refractivity contribution in [3.8, 4) is 0 Å². The van der Waals surface area contributed by atoms with Crippen LogP contribution in [0.3, 0.4) is 0 Å². The predicted octanol–water partition coefficient (Wildman–Crippen LogP) is 3.56. The van der Waals surface area contributed by atoms with Crippen LogP contribution in [0.25, 0.3) is 0 Å². The number of H-pyrrole nitrogens is 1. The third-order valence-electron chi connectivity index (χ3n) is 5.08. The topological polar surface area (TPSA) is 35.4 Å². The molecule has 0 unspecified atom stereocenters. The molecule has 0 fully saturated rings. The Kier molecular flexibility index (Phi) is 4.89. The van der Waals surface area contributed by atoms with Gasteiger partial charge in [-0.15, -0.1) is 0 Å². The van der Waals surface area contributed by atoms with Crippen LogP contribution in [0.5, 0.6) is 0 Å². The maximum absolute atomic E-state index is 6.58. The van der Waals surface area contributed by atoms with Gasteiger partial charge in [-0.25, -0.2) is 9.51 Å². The van der Waals surface area contributed by atoms with Gasteiger partial charge >= 0.3 is 0 Å². The summed E-state index contributed by atoms with van der Waals surface area (Å²) in [5, 5.41) is 5.21. The maximum atomic E-state index is 6.58. The molecule has 134 valence electrons. The van der Waals surface area contributed by atoms with Crippen LogP contribution >= 0.6 is 7.49 Å². The van der Waals surface area contributed by atoms with Crippen LogP contribution in [0.15, 0.2) is 110 Å². The largest absolute Gasteiger partial charge is 0.368 e. The van der Waals surface area contributed by atoms with E-state index in [1.807, 2.05) is 31.9 Å². The van der Waals surface area contributed by atoms with E-state index in [1.165, 1.54) is 16.2 Å². The van der Waals surface area contributed by atoms with Gasteiger partial charge in [-0.2, -0.15) is 0 Å². The molecule has 0 saturated heterocycles. The average Bonchev–Trinajstić information content (AvgIpc) is 2.77. The Morgan fingerprint density at radius 1 is 0.778 bits per heavy atom. The lowest BCUT2D eigenvalue weighted by Gasteiger charge is -2.39. The smallest absolute Gasteiger partial charge is 0.228 e. The highest BCUT2D eigenvalue weighted by Gasteiger charge is 2.62. The van der Waals surface area contributed by atoms with Gasteiger partial charge in [0.2, 0.25) is 7.49 Å². The van der Waals surface area contributed by atoms with Gasteiger partial charge in [0, 0.05) is 30.1 Å². The van der Waals surface area contributed by atoms with Crippen LogP contribution in [0, 0.1) is 0 Å². The molecule has 3 aromatic rings. The van der Waals surface area contributed by atoms with Gasteiger partial charge in [0.1, 0.15) is 10.6 Å². The quantitative estimate of drug-likeness (QED) is 0.693. The molecule has 0 atom stereocenters. The molecule has 2 heterocycles. The second kappa shape index (κ2) is 7.48. The highest BCUT2D eigenvalue weighted by molar-refractivity contribution is 7.86. The van der Waals surface area contributed by atoms with Gasteiger partial charge in [0.25, 0.3) is 0 Å². The summed E-state index contributed by atoms with van der Waals surface area (Å²) in [5.74, 6) is 0. The van der Waals surface area contributed by atoms with E-state index in [2.05, 4.69) is 95.2 Å². The number of hydrogen-bond donors (Lipinski definition) is 1. The van der Waals surface area contributed by atoms with Crippen molar-refractivity contribution in [3.63, 3.8) is 0 Å². The summed E-state index contributed by atoms with van der Waals surface area (Å²) in [6.07, 6.45) is 12.4. The molecule has 2 aromatic carbocycles. The van der Waals surface area contributed by atoms with Crippen LogP contribution < -0.4 is 20.9 Å². The molecule has 3 nitrogen and oxygen atoms in total. The first kappa shape index (κ1) is 17.7. The molecule has 0 saturated carbocycles. The van der Waals surface area contributed by atoms with Gasteiger partial charge in [-0.1, -0.05) is 36.4 Å². The zero-order valence-corrected chi connectivity index (χ0v) is 16.1. The van der Waals surface area contributed by atoms with Crippen molar-refractivity contribution in [2.24, 2.45) is 0 Å². The molecule has 0 aliphatic carbocycles. The minimum atomic E-state index is -2.34. The van der Waals surface area contributed by atoms with Crippen molar-refractivity contribution in [1.29, 1.82) is 0 Å². The summed E-state index contributed by atoms with van der Waals surface area (Å²) in [5.41, 5.74) is 1.19. The van der Waals surface area contributed by atoms with E-state index in [9.17, 15) is 0 Å². The van der Waals surface area contributed by atoms with Crippen LogP contribution in [0.2, 0.25) is 0 Å². The normalized spacial score (nSPS) is 15.3. The lowest BCUT2D eigenvalue weighted by atomic mass is 9.98. The molecule has 0 spiro atoms. The van der Waals surface area contributed by atoms with Crippen molar-refractivity contribution < 1.29 is 9.51 Å². The Morgan fingerprint density at radius 3 is 1.78 bits per heavy atom. The summed E-state index contributed by atoms with van der Waals surface area (Å²) >= 11 is 0. The van der Waals surface area contributed by atoms with Crippen LogP contribution in [0.4, 0.5) is 0 Å². The zero-order chi connectivity index (χ0) is 18.6. The van der Waals surface area contributed by atoms with E-state index in [4.69, 9.17) is 4.52 Å². The molecule has 4 heteroatoms. The number of hydrogen-bond acceptors (Lipinski definition) is 2. The molecule has 4 rings (SSSR count). The van der Waals surface area contributed by atoms with E-state index in [-0.39, 0.29) is 0 Å². The van der Waals surface area contributed by atoms with E-state index >= 15 is 0 Å². The number of rotatable bonds is 5.